The lowest BCUT2D eigenvalue weighted by Gasteiger charge is -2.11. The van der Waals surface area contributed by atoms with E-state index in [1.54, 1.807) is 12.1 Å². The van der Waals surface area contributed by atoms with Crippen molar-refractivity contribution >= 4 is 33.1 Å². The van der Waals surface area contributed by atoms with Crippen molar-refractivity contribution in [3.63, 3.8) is 0 Å². The van der Waals surface area contributed by atoms with Gasteiger partial charge in [0, 0.05) is 4.47 Å². The molecule has 0 aliphatic rings. The Hall–Kier alpha value is -1.89. The molecular formula is C12H12BrFN4O. The molecule has 0 aliphatic heterocycles. The first-order valence-electron chi connectivity index (χ1n) is 5.57. The predicted molar refractivity (Wildman–Crippen MR) is 75.0 cm³/mol. The minimum atomic E-state index is -0.404. The predicted octanol–water partition coefficient (Wildman–Crippen LogP) is 3.10. The first-order chi connectivity index (χ1) is 9.11. The summed E-state index contributed by atoms with van der Waals surface area (Å²) in [6.07, 6.45) is 1.31. The summed E-state index contributed by atoms with van der Waals surface area (Å²) >= 11 is 3.27. The number of nitrogens with one attached hydrogen (secondary N) is 1. The first kappa shape index (κ1) is 13.5. The number of nitrogens with zero attached hydrogens (tertiary/aromatic N) is 2. The van der Waals surface area contributed by atoms with E-state index in [1.165, 1.54) is 12.4 Å². The lowest BCUT2D eigenvalue weighted by Crippen LogP contribution is -2.05. The average Bonchev–Trinajstić information content (AvgIpc) is 2.39. The highest BCUT2D eigenvalue weighted by Gasteiger charge is 2.11. The van der Waals surface area contributed by atoms with E-state index in [2.05, 4.69) is 31.2 Å². The third-order valence-corrected chi connectivity index (χ3v) is 2.80. The highest BCUT2D eigenvalue weighted by atomic mass is 79.9. The Morgan fingerprint density at radius 2 is 2.21 bits per heavy atom. The van der Waals surface area contributed by atoms with Crippen LogP contribution < -0.4 is 15.8 Å². The van der Waals surface area contributed by atoms with Crippen LogP contribution in [0.25, 0.3) is 0 Å². The zero-order chi connectivity index (χ0) is 13.8. The van der Waals surface area contributed by atoms with Gasteiger partial charge in [0.2, 0.25) is 5.88 Å². The Bertz CT molecular complexity index is 594. The van der Waals surface area contributed by atoms with Gasteiger partial charge in [-0.2, -0.15) is 4.98 Å². The van der Waals surface area contributed by atoms with Gasteiger partial charge in [0.25, 0.3) is 0 Å². The number of halogens is 2. The van der Waals surface area contributed by atoms with Gasteiger partial charge in [0.1, 0.15) is 17.8 Å². The second kappa shape index (κ2) is 5.83. The summed E-state index contributed by atoms with van der Waals surface area (Å²) in [6, 6.07) is 4.54. The molecule has 1 aromatic carbocycles. The second-order valence-corrected chi connectivity index (χ2v) is 4.54. The molecule has 2 aromatic rings. The van der Waals surface area contributed by atoms with Crippen LogP contribution in [0.1, 0.15) is 6.92 Å². The monoisotopic (exact) mass is 326 g/mol. The molecule has 0 saturated heterocycles. The smallest absolute Gasteiger partial charge is 0.242 e. The molecule has 0 aliphatic carbocycles. The number of benzene rings is 1. The number of aromatic nitrogens is 2. The van der Waals surface area contributed by atoms with E-state index in [4.69, 9.17) is 10.5 Å². The Balaban J connectivity index is 2.33. The molecule has 0 atom stereocenters. The lowest BCUT2D eigenvalue weighted by molar-refractivity contribution is 0.328. The zero-order valence-corrected chi connectivity index (χ0v) is 11.7. The molecule has 0 radical (unpaired) electrons. The molecular weight excluding hydrogens is 315 g/mol. The van der Waals surface area contributed by atoms with E-state index in [-0.39, 0.29) is 17.3 Å². The molecule has 100 valence electrons. The summed E-state index contributed by atoms with van der Waals surface area (Å²) in [5, 5.41) is 2.82. The summed E-state index contributed by atoms with van der Waals surface area (Å²) in [5.41, 5.74) is 6.36. The molecule has 0 unspecified atom stereocenters. The van der Waals surface area contributed by atoms with Gasteiger partial charge < -0.3 is 15.8 Å². The minimum absolute atomic E-state index is 0.240. The molecule has 1 aromatic heterocycles. The van der Waals surface area contributed by atoms with E-state index >= 15 is 0 Å². The van der Waals surface area contributed by atoms with E-state index in [0.29, 0.717) is 12.4 Å². The molecule has 3 N–H and O–H groups in total. The Labute approximate surface area is 118 Å². The van der Waals surface area contributed by atoms with Crippen LogP contribution >= 0.6 is 15.9 Å². The van der Waals surface area contributed by atoms with Crippen LogP contribution in [-0.4, -0.2) is 16.6 Å². The maximum absolute atomic E-state index is 13.6. The number of hydrogen-bond acceptors (Lipinski definition) is 5. The van der Waals surface area contributed by atoms with E-state index in [1.807, 2.05) is 6.92 Å². The molecule has 0 amide bonds. The van der Waals surface area contributed by atoms with Crippen molar-refractivity contribution in [3.8, 4) is 5.88 Å². The van der Waals surface area contributed by atoms with Crippen LogP contribution in [0.15, 0.2) is 29.0 Å². The lowest BCUT2D eigenvalue weighted by atomic mass is 10.3. The van der Waals surface area contributed by atoms with Crippen LogP contribution in [-0.2, 0) is 0 Å². The molecule has 7 heteroatoms. The van der Waals surface area contributed by atoms with Gasteiger partial charge in [0.15, 0.2) is 5.82 Å². The van der Waals surface area contributed by atoms with Crippen LogP contribution in [0.5, 0.6) is 5.88 Å². The number of anilines is 3. The average molecular weight is 327 g/mol. The fourth-order valence-corrected chi connectivity index (χ4v) is 1.81. The summed E-state index contributed by atoms with van der Waals surface area (Å²) < 4.78 is 19.6. The highest BCUT2D eigenvalue weighted by molar-refractivity contribution is 9.10. The van der Waals surface area contributed by atoms with Crippen molar-refractivity contribution in [2.75, 3.05) is 17.7 Å². The summed E-state index contributed by atoms with van der Waals surface area (Å²) in [7, 11) is 0. The Kier molecular flexibility index (Phi) is 4.16. The quantitative estimate of drug-likeness (QED) is 0.903. The van der Waals surface area contributed by atoms with Crippen molar-refractivity contribution in [2.45, 2.75) is 6.92 Å². The van der Waals surface area contributed by atoms with Gasteiger partial charge in [-0.1, -0.05) is 15.9 Å². The summed E-state index contributed by atoms with van der Waals surface area (Å²) in [5.74, 6) is 0.171. The number of rotatable bonds is 4. The largest absolute Gasteiger partial charge is 0.476 e. The van der Waals surface area contributed by atoms with Gasteiger partial charge in [-0.3, -0.25) is 0 Å². The maximum atomic E-state index is 13.6. The van der Waals surface area contributed by atoms with Crippen molar-refractivity contribution in [1.29, 1.82) is 0 Å². The van der Waals surface area contributed by atoms with Gasteiger partial charge in [0.05, 0.1) is 12.3 Å². The van der Waals surface area contributed by atoms with Crippen molar-refractivity contribution in [1.82, 2.24) is 9.97 Å². The number of nitrogens with two attached hydrogens (primary N) is 1. The van der Waals surface area contributed by atoms with Crippen LogP contribution in [0.4, 0.5) is 21.6 Å². The van der Waals surface area contributed by atoms with Gasteiger partial charge in [-0.15, -0.1) is 0 Å². The first-order valence-corrected chi connectivity index (χ1v) is 6.36. The molecule has 2 rings (SSSR count). The van der Waals surface area contributed by atoms with Gasteiger partial charge >= 0.3 is 0 Å². The second-order valence-electron chi connectivity index (χ2n) is 3.62. The standard InChI is InChI=1S/C12H12BrFN4O/c1-2-19-12-10(15)11(16-6-17-12)18-9-5-7(13)3-4-8(9)14/h3-6H,2,15H2,1H3,(H,16,17,18). The number of hydrogen-bond donors (Lipinski definition) is 2. The van der Waals surface area contributed by atoms with Gasteiger partial charge in [-0.25, -0.2) is 9.37 Å². The Morgan fingerprint density at radius 1 is 1.42 bits per heavy atom. The minimum Gasteiger partial charge on any atom is -0.476 e. The highest BCUT2D eigenvalue weighted by Crippen LogP contribution is 2.29. The van der Waals surface area contributed by atoms with E-state index in [9.17, 15) is 4.39 Å². The maximum Gasteiger partial charge on any atom is 0.242 e. The SMILES string of the molecule is CCOc1ncnc(Nc2cc(Br)ccc2F)c1N. The molecule has 0 fully saturated rings. The van der Waals surface area contributed by atoms with E-state index in [0.717, 1.165) is 4.47 Å². The fourth-order valence-electron chi connectivity index (χ4n) is 1.45. The van der Waals surface area contributed by atoms with Crippen LogP contribution in [0, 0.1) is 5.82 Å². The normalized spacial score (nSPS) is 10.3. The molecule has 1 heterocycles. The summed E-state index contributed by atoms with van der Waals surface area (Å²) in [6.45, 7) is 2.26. The van der Waals surface area contributed by atoms with Crippen molar-refractivity contribution in [2.24, 2.45) is 0 Å². The Morgan fingerprint density at radius 3 is 2.95 bits per heavy atom. The molecule has 5 nitrogen and oxygen atoms in total. The number of nitrogen functional groups attached to an aromatic ring is 1. The molecule has 0 saturated carbocycles. The third kappa shape index (κ3) is 3.11. The van der Waals surface area contributed by atoms with Crippen molar-refractivity contribution < 1.29 is 9.13 Å². The van der Waals surface area contributed by atoms with Gasteiger partial charge in [-0.05, 0) is 25.1 Å². The zero-order valence-electron chi connectivity index (χ0n) is 10.2. The molecule has 0 bridgehead atoms. The van der Waals surface area contributed by atoms with Crippen molar-refractivity contribution in [3.05, 3.63) is 34.8 Å². The molecule has 0 spiro atoms. The van der Waals surface area contributed by atoms with Crippen LogP contribution in [0.2, 0.25) is 0 Å². The van der Waals surface area contributed by atoms with E-state index < -0.39 is 5.82 Å². The topological polar surface area (TPSA) is 73.1 Å². The van der Waals surface area contributed by atoms with Crippen LogP contribution in [0.3, 0.4) is 0 Å². The molecule has 19 heavy (non-hydrogen) atoms. The third-order valence-electron chi connectivity index (χ3n) is 2.31. The fraction of sp³-hybridized carbons (Fsp3) is 0.167. The summed E-state index contributed by atoms with van der Waals surface area (Å²) in [4.78, 5) is 7.89. The number of ether oxygens (including phenoxy) is 1.